The number of H-pyrrole nitrogens is 1. The number of aryl methyl sites for hydroxylation is 2. The number of nitro groups is 2. The molecule has 0 amide bonds. The monoisotopic (exact) mass is 762 g/mol. The van der Waals surface area contributed by atoms with E-state index in [0.717, 1.165) is 15.2 Å². The summed E-state index contributed by atoms with van der Waals surface area (Å²) in [6, 6.07) is 4.74. The maximum absolute atomic E-state index is 14.2. The van der Waals surface area contributed by atoms with E-state index >= 15 is 0 Å². The van der Waals surface area contributed by atoms with Gasteiger partial charge in [0.25, 0.3) is 11.4 Å². The molecule has 0 saturated carbocycles. The molecule has 0 aromatic carbocycles. The SMILES string of the molecule is COc1nc2c(cc1F)c(O)c([N+](=O)[O-])c(=O)n2-c1c(C)ccnc1C(C)C.Cc1ccnc(C(C)C)c1-n1c(=O)c([N+](=O)[O-])c(O)c2cc(F)c(=O)[nH]c21. The minimum Gasteiger partial charge on any atom is -0.501 e. The molecule has 6 rings (SSSR count). The Kier molecular flexibility index (Phi) is 10.5. The normalized spacial score (nSPS) is 11.3. The summed E-state index contributed by atoms with van der Waals surface area (Å²) in [5.74, 6) is -4.86. The standard InChI is InChI=1S/C18H17FN4O5.C17H15FN4O5/c1-8(2)12-13(9(3)5-6-20-12)22-16-10(7-11(19)17(21-16)28-4)15(24)14(18(22)25)23(26)27;1-7(2)11-12(8(3)4-5-19-11)21-15-9(6-10(18)16(24)20-15)14(23)13(17(21)25)22(26)27/h5-8,24H,1-4H3;4-7,23H,1-3H3,(H,20,24). The van der Waals surface area contributed by atoms with Gasteiger partial charge in [-0.3, -0.25) is 53.7 Å². The molecular weight excluding hydrogens is 730 g/mol. The van der Waals surface area contributed by atoms with Crippen molar-refractivity contribution < 1.29 is 33.6 Å². The van der Waals surface area contributed by atoms with Crippen molar-refractivity contribution in [1.29, 1.82) is 0 Å². The molecule has 20 heteroatoms. The lowest BCUT2D eigenvalue weighted by Gasteiger charge is -2.18. The summed E-state index contributed by atoms with van der Waals surface area (Å²) in [6.07, 6.45) is 3.09. The smallest absolute Gasteiger partial charge is 0.376 e. The molecule has 0 aliphatic heterocycles. The van der Waals surface area contributed by atoms with Gasteiger partial charge in [-0.2, -0.15) is 4.98 Å². The number of halogens is 2. The molecule has 6 aromatic heterocycles. The van der Waals surface area contributed by atoms with Gasteiger partial charge in [-0.15, -0.1) is 0 Å². The molecule has 0 unspecified atom stereocenters. The number of hydrogen-bond acceptors (Lipinski definition) is 13. The van der Waals surface area contributed by atoms with Gasteiger partial charge in [-0.1, -0.05) is 27.7 Å². The van der Waals surface area contributed by atoms with Crippen molar-refractivity contribution in [2.24, 2.45) is 0 Å². The first-order valence-corrected chi connectivity index (χ1v) is 16.3. The van der Waals surface area contributed by atoms with Crippen molar-refractivity contribution >= 4 is 33.4 Å². The topological polar surface area (TPSA) is 251 Å². The zero-order chi connectivity index (χ0) is 40.8. The van der Waals surface area contributed by atoms with Crippen molar-refractivity contribution in [3.63, 3.8) is 0 Å². The number of ether oxygens (including phenoxy) is 1. The maximum Gasteiger partial charge on any atom is 0.376 e. The number of nitrogens with one attached hydrogen (secondary N) is 1. The molecule has 6 heterocycles. The van der Waals surface area contributed by atoms with Crippen LogP contribution >= 0.6 is 0 Å². The molecule has 0 fully saturated rings. The fraction of sp³-hybridized carbons (Fsp3) is 0.257. The number of fused-ring (bicyclic) bond motifs is 2. The van der Waals surface area contributed by atoms with E-state index in [9.17, 15) is 53.6 Å². The average molecular weight is 763 g/mol. The first-order chi connectivity index (χ1) is 25.8. The van der Waals surface area contributed by atoms with E-state index < -0.39 is 66.9 Å². The van der Waals surface area contributed by atoms with E-state index in [-0.39, 0.29) is 45.3 Å². The zero-order valence-corrected chi connectivity index (χ0v) is 30.2. The largest absolute Gasteiger partial charge is 0.501 e. The Balaban J connectivity index is 0.000000211. The van der Waals surface area contributed by atoms with Crippen LogP contribution in [-0.2, 0) is 0 Å². The van der Waals surface area contributed by atoms with Gasteiger partial charge in [0, 0.05) is 12.4 Å². The molecular formula is C35H32F2N8O10. The molecule has 0 aliphatic carbocycles. The lowest BCUT2D eigenvalue weighted by Crippen LogP contribution is -2.26. The number of hydrogen-bond donors (Lipinski definition) is 3. The van der Waals surface area contributed by atoms with E-state index in [0.29, 0.717) is 28.6 Å². The first-order valence-electron chi connectivity index (χ1n) is 16.3. The van der Waals surface area contributed by atoms with Crippen molar-refractivity contribution in [1.82, 2.24) is 29.1 Å². The average Bonchev–Trinajstić information content (AvgIpc) is 3.10. The highest BCUT2D eigenvalue weighted by Gasteiger charge is 2.31. The summed E-state index contributed by atoms with van der Waals surface area (Å²) in [5, 5.41) is 42.6. The molecule has 0 radical (unpaired) electrons. The van der Waals surface area contributed by atoms with Gasteiger partial charge in [0.1, 0.15) is 5.65 Å². The number of aromatic amines is 1. The fourth-order valence-electron chi connectivity index (χ4n) is 5.99. The van der Waals surface area contributed by atoms with Gasteiger partial charge in [0.2, 0.25) is 11.5 Å². The van der Waals surface area contributed by atoms with Crippen LogP contribution in [0.25, 0.3) is 33.4 Å². The van der Waals surface area contributed by atoms with Crippen LogP contribution in [0.3, 0.4) is 0 Å². The van der Waals surface area contributed by atoms with Crippen LogP contribution in [0.4, 0.5) is 20.2 Å². The molecule has 3 N–H and O–H groups in total. The quantitative estimate of drug-likeness (QED) is 0.139. The molecule has 0 aliphatic rings. The highest BCUT2D eigenvalue weighted by atomic mass is 19.1. The van der Waals surface area contributed by atoms with Gasteiger partial charge in [-0.25, -0.2) is 8.78 Å². The molecule has 0 atom stereocenters. The Labute approximate surface area is 307 Å². The Morgan fingerprint density at radius 1 is 0.782 bits per heavy atom. The molecule has 18 nitrogen and oxygen atoms in total. The maximum atomic E-state index is 14.2. The molecule has 0 bridgehead atoms. The van der Waals surface area contributed by atoms with E-state index in [1.54, 1.807) is 32.2 Å². The Morgan fingerprint density at radius 2 is 1.24 bits per heavy atom. The highest BCUT2D eigenvalue weighted by molar-refractivity contribution is 5.89. The third-order valence-electron chi connectivity index (χ3n) is 8.51. The molecule has 286 valence electrons. The summed E-state index contributed by atoms with van der Waals surface area (Å²) < 4.78 is 34.7. The first kappa shape index (κ1) is 39.1. The number of nitrogens with zero attached hydrogens (tertiary/aromatic N) is 7. The van der Waals surface area contributed by atoms with Gasteiger partial charge >= 0.3 is 22.5 Å². The fourth-order valence-corrected chi connectivity index (χ4v) is 5.99. The summed E-state index contributed by atoms with van der Waals surface area (Å²) in [4.78, 5) is 73.2. The zero-order valence-electron chi connectivity index (χ0n) is 30.2. The Bertz CT molecular complexity index is 2760. The van der Waals surface area contributed by atoms with Crippen molar-refractivity contribution in [3.05, 3.63) is 122 Å². The minimum absolute atomic E-state index is 0.132. The second-order valence-corrected chi connectivity index (χ2v) is 12.8. The molecule has 6 aromatic rings. The minimum atomic E-state index is -1.25. The molecule has 55 heavy (non-hydrogen) atoms. The van der Waals surface area contributed by atoms with Crippen molar-refractivity contribution in [3.8, 4) is 28.8 Å². The van der Waals surface area contributed by atoms with Gasteiger partial charge < -0.3 is 19.9 Å². The number of aromatic hydroxyl groups is 2. The predicted octanol–water partition coefficient (Wildman–Crippen LogP) is 5.23. The van der Waals surface area contributed by atoms with E-state index in [1.807, 2.05) is 27.7 Å². The Morgan fingerprint density at radius 3 is 1.71 bits per heavy atom. The van der Waals surface area contributed by atoms with Crippen molar-refractivity contribution in [2.75, 3.05) is 7.11 Å². The van der Waals surface area contributed by atoms with Crippen LogP contribution in [0.1, 0.15) is 62.0 Å². The number of rotatable bonds is 7. The second kappa shape index (κ2) is 14.7. The van der Waals surface area contributed by atoms with Crippen LogP contribution in [0.2, 0.25) is 0 Å². The lowest BCUT2D eigenvalue weighted by atomic mass is 10.0. The van der Waals surface area contributed by atoms with E-state index in [2.05, 4.69) is 19.9 Å². The summed E-state index contributed by atoms with van der Waals surface area (Å²) in [6.45, 7) is 10.7. The second-order valence-electron chi connectivity index (χ2n) is 12.8. The molecule has 0 spiro atoms. The summed E-state index contributed by atoms with van der Waals surface area (Å²) in [7, 11) is 1.19. The number of pyridine rings is 6. The summed E-state index contributed by atoms with van der Waals surface area (Å²) >= 11 is 0. The van der Waals surface area contributed by atoms with Crippen LogP contribution in [0, 0.1) is 45.7 Å². The van der Waals surface area contributed by atoms with Gasteiger partial charge in [0.05, 0.1) is 50.5 Å². The third-order valence-corrected chi connectivity index (χ3v) is 8.51. The highest BCUT2D eigenvalue weighted by Crippen LogP contribution is 2.36. The Hall–Kier alpha value is -7.12. The number of aromatic nitrogens is 6. The van der Waals surface area contributed by atoms with Crippen LogP contribution < -0.4 is 21.4 Å². The van der Waals surface area contributed by atoms with Gasteiger partial charge in [0.15, 0.2) is 17.3 Å². The number of methoxy groups -OCH3 is 1. The van der Waals surface area contributed by atoms with E-state index in [1.165, 1.54) is 13.3 Å². The van der Waals surface area contributed by atoms with Crippen LogP contribution in [-0.4, -0.2) is 56.2 Å². The van der Waals surface area contributed by atoms with Gasteiger partial charge in [-0.05, 0) is 61.1 Å². The lowest BCUT2D eigenvalue weighted by molar-refractivity contribution is -0.387. The molecule has 0 saturated heterocycles. The third kappa shape index (κ3) is 6.68. The van der Waals surface area contributed by atoms with Crippen molar-refractivity contribution in [2.45, 2.75) is 53.4 Å². The summed E-state index contributed by atoms with van der Waals surface area (Å²) in [5.41, 5.74) is -3.40. The van der Waals surface area contributed by atoms with Crippen LogP contribution in [0.5, 0.6) is 17.4 Å². The predicted molar refractivity (Wildman–Crippen MR) is 194 cm³/mol. The van der Waals surface area contributed by atoms with Crippen LogP contribution in [0.15, 0.2) is 51.0 Å². The van der Waals surface area contributed by atoms with E-state index in [4.69, 9.17) is 4.74 Å².